The highest BCUT2D eigenvalue weighted by atomic mass is 16.3. The van der Waals surface area contributed by atoms with Crippen molar-refractivity contribution < 1.29 is 9.90 Å². The van der Waals surface area contributed by atoms with E-state index >= 15 is 0 Å². The molecule has 1 aromatic carbocycles. The zero-order chi connectivity index (χ0) is 12.0. The largest absolute Gasteiger partial charge is 0.508 e. The zero-order valence-corrected chi connectivity index (χ0v) is 8.69. The molecule has 1 rings (SSSR count). The number of phenolic OH excluding ortho intramolecular Hbond substituents is 1. The van der Waals surface area contributed by atoms with Crippen molar-refractivity contribution in [2.45, 2.75) is 0 Å². The Morgan fingerprint density at radius 3 is 2.88 bits per heavy atom. The van der Waals surface area contributed by atoms with Crippen molar-refractivity contribution in [3.8, 4) is 11.8 Å². The predicted octanol–water partition coefficient (Wildman–Crippen LogP) is 0.958. The Balaban J connectivity index is 2.79. The van der Waals surface area contributed by atoms with Gasteiger partial charge in [0, 0.05) is 25.0 Å². The molecule has 1 aromatic rings. The van der Waals surface area contributed by atoms with Crippen LogP contribution >= 0.6 is 0 Å². The molecule has 0 aliphatic heterocycles. The van der Waals surface area contributed by atoms with Gasteiger partial charge in [-0.25, -0.2) is 0 Å². The Kier molecular flexibility index (Phi) is 3.92. The number of aromatic hydroxyl groups is 1. The van der Waals surface area contributed by atoms with Crippen molar-refractivity contribution in [3.05, 3.63) is 36.0 Å². The zero-order valence-electron chi connectivity index (χ0n) is 8.69. The molecule has 3 N–H and O–H groups in total. The van der Waals surface area contributed by atoms with Crippen LogP contribution in [0.5, 0.6) is 5.75 Å². The third-order valence-corrected chi connectivity index (χ3v) is 1.76. The van der Waals surface area contributed by atoms with E-state index in [0.29, 0.717) is 5.69 Å². The summed E-state index contributed by atoms with van der Waals surface area (Å²) in [5.74, 6) is -0.476. The van der Waals surface area contributed by atoms with E-state index in [4.69, 9.17) is 5.26 Å². The van der Waals surface area contributed by atoms with Crippen LogP contribution in [0.15, 0.2) is 36.0 Å². The van der Waals surface area contributed by atoms with Crippen LogP contribution in [0.2, 0.25) is 0 Å². The molecule has 5 heteroatoms. The molecule has 0 saturated carbocycles. The Morgan fingerprint density at radius 1 is 1.56 bits per heavy atom. The molecule has 0 aliphatic carbocycles. The van der Waals surface area contributed by atoms with Crippen molar-refractivity contribution in [3.63, 3.8) is 0 Å². The van der Waals surface area contributed by atoms with Crippen LogP contribution in [0.25, 0.3) is 0 Å². The number of phenols is 1. The minimum atomic E-state index is -0.526. The number of amides is 1. The van der Waals surface area contributed by atoms with Crippen LogP contribution in [-0.4, -0.2) is 18.1 Å². The highest BCUT2D eigenvalue weighted by Crippen LogP contribution is 2.15. The molecule has 0 unspecified atom stereocenters. The summed E-state index contributed by atoms with van der Waals surface area (Å²) in [4.78, 5) is 11.5. The Labute approximate surface area is 93.0 Å². The number of anilines is 1. The first-order valence-electron chi connectivity index (χ1n) is 4.55. The number of rotatable bonds is 3. The number of carbonyl (C=O) groups is 1. The molecule has 0 aliphatic rings. The predicted molar refractivity (Wildman–Crippen MR) is 59.5 cm³/mol. The van der Waals surface area contributed by atoms with Gasteiger partial charge >= 0.3 is 0 Å². The molecule has 0 spiro atoms. The quantitative estimate of drug-likeness (QED) is 0.520. The molecule has 0 radical (unpaired) electrons. The van der Waals surface area contributed by atoms with E-state index in [1.807, 2.05) is 0 Å². The van der Waals surface area contributed by atoms with Crippen molar-refractivity contribution in [1.82, 2.24) is 5.32 Å². The third kappa shape index (κ3) is 3.03. The van der Waals surface area contributed by atoms with E-state index in [1.54, 1.807) is 25.2 Å². The van der Waals surface area contributed by atoms with E-state index in [-0.39, 0.29) is 11.3 Å². The lowest BCUT2D eigenvalue weighted by molar-refractivity contribution is -0.112. The summed E-state index contributed by atoms with van der Waals surface area (Å²) in [5.41, 5.74) is 0.396. The molecule has 0 bridgehead atoms. The van der Waals surface area contributed by atoms with Gasteiger partial charge in [-0.3, -0.25) is 4.79 Å². The van der Waals surface area contributed by atoms with E-state index in [1.165, 1.54) is 18.3 Å². The van der Waals surface area contributed by atoms with Crippen molar-refractivity contribution in [2.24, 2.45) is 0 Å². The molecule has 0 heterocycles. The summed E-state index contributed by atoms with van der Waals surface area (Å²) < 4.78 is 0. The topological polar surface area (TPSA) is 85.2 Å². The normalized spacial score (nSPS) is 10.4. The Morgan fingerprint density at radius 2 is 2.31 bits per heavy atom. The maximum atomic E-state index is 11.5. The average Bonchev–Trinajstić information content (AvgIpc) is 2.25. The van der Waals surface area contributed by atoms with E-state index in [9.17, 15) is 9.90 Å². The van der Waals surface area contributed by atoms with Gasteiger partial charge in [0.15, 0.2) is 0 Å². The Hall–Kier alpha value is -2.48. The standard InChI is InChI=1S/C11H11N3O2/c1-13-7-8(6-12)11(16)14-9-3-2-4-10(15)5-9/h2-5,7,13,15H,1H3,(H,14,16)/b8-7-. The molecule has 0 saturated heterocycles. The highest BCUT2D eigenvalue weighted by Gasteiger charge is 2.08. The van der Waals surface area contributed by atoms with E-state index in [2.05, 4.69) is 10.6 Å². The number of nitrogens with one attached hydrogen (secondary N) is 2. The van der Waals surface area contributed by atoms with Gasteiger partial charge in [0.1, 0.15) is 17.4 Å². The molecule has 0 atom stereocenters. The van der Waals surface area contributed by atoms with Gasteiger partial charge in [-0.05, 0) is 12.1 Å². The smallest absolute Gasteiger partial charge is 0.267 e. The second kappa shape index (κ2) is 5.41. The first kappa shape index (κ1) is 11.6. The lowest BCUT2D eigenvalue weighted by Gasteiger charge is -2.04. The monoisotopic (exact) mass is 217 g/mol. The maximum absolute atomic E-state index is 11.5. The van der Waals surface area contributed by atoms with Crippen LogP contribution in [0, 0.1) is 11.3 Å². The summed E-state index contributed by atoms with van der Waals surface area (Å²) in [5, 5.41) is 23.0. The number of nitriles is 1. The fourth-order valence-corrected chi connectivity index (χ4v) is 1.08. The summed E-state index contributed by atoms with van der Waals surface area (Å²) in [6.07, 6.45) is 1.30. The van der Waals surface area contributed by atoms with Crippen molar-refractivity contribution >= 4 is 11.6 Å². The fourth-order valence-electron chi connectivity index (χ4n) is 1.08. The van der Waals surface area contributed by atoms with Crippen molar-refractivity contribution in [1.29, 1.82) is 5.26 Å². The van der Waals surface area contributed by atoms with E-state index < -0.39 is 5.91 Å². The second-order valence-corrected chi connectivity index (χ2v) is 2.96. The number of hydrogen-bond acceptors (Lipinski definition) is 4. The van der Waals surface area contributed by atoms with Gasteiger partial charge in [0.2, 0.25) is 0 Å². The number of carbonyl (C=O) groups excluding carboxylic acids is 1. The van der Waals surface area contributed by atoms with Crippen LogP contribution in [0.3, 0.4) is 0 Å². The first-order valence-corrected chi connectivity index (χ1v) is 4.55. The van der Waals surface area contributed by atoms with Gasteiger partial charge in [0.25, 0.3) is 5.91 Å². The van der Waals surface area contributed by atoms with Crippen LogP contribution in [-0.2, 0) is 4.79 Å². The average molecular weight is 217 g/mol. The number of nitrogens with zero attached hydrogens (tertiary/aromatic N) is 1. The maximum Gasteiger partial charge on any atom is 0.267 e. The van der Waals surface area contributed by atoms with Gasteiger partial charge in [-0.15, -0.1) is 0 Å². The summed E-state index contributed by atoms with van der Waals surface area (Å²) in [6.45, 7) is 0. The minimum absolute atomic E-state index is 0.0363. The first-order chi connectivity index (χ1) is 7.67. The van der Waals surface area contributed by atoms with Crippen LogP contribution in [0.4, 0.5) is 5.69 Å². The summed E-state index contributed by atoms with van der Waals surface area (Å²) in [6, 6.07) is 7.86. The van der Waals surface area contributed by atoms with Crippen LogP contribution < -0.4 is 10.6 Å². The third-order valence-electron chi connectivity index (χ3n) is 1.76. The number of hydrogen-bond donors (Lipinski definition) is 3. The SMILES string of the molecule is CN/C=C(/C#N)C(=O)Nc1cccc(O)c1. The summed E-state index contributed by atoms with van der Waals surface area (Å²) >= 11 is 0. The molecule has 1 amide bonds. The molecule has 0 fully saturated rings. The molecular formula is C11H11N3O2. The molecule has 16 heavy (non-hydrogen) atoms. The van der Waals surface area contributed by atoms with Gasteiger partial charge in [-0.2, -0.15) is 5.26 Å². The van der Waals surface area contributed by atoms with Gasteiger partial charge in [0.05, 0.1) is 0 Å². The lowest BCUT2D eigenvalue weighted by atomic mass is 10.2. The van der Waals surface area contributed by atoms with Gasteiger partial charge < -0.3 is 15.7 Å². The summed E-state index contributed by atoms with van der Waals surface area (Å²) in [7, 11) is 1.60. The molecule has 82 valence electrons. The fraction of sp³-hybridized carbons (Fsp3) is 0.0909. The van der Waals surface area contributed by atoms with Crippen molar-refractivity contribution in [2.75, 3.05) is 12.4 Å². The van der Waals surface area contributed by atoms with Crippen LogP contribution in [0.1, 0.15) is 0 Å². The molecular weight excluding hydrogens is 206 g/mol. The number of benzene rings is 1. The van der Waals surface area contributed by atoms with E-state index in [0.717, 1.165) is 0 Å². The molecule has 0 aromatic heterocycles. The Bertz CT molecular complexity index is 461. The molecule has 5 nitrogen and oxygen atoms in total. The van der Waals surface area contributed by atoms with Gasteiger partial charge in [-0.1, -0.05) is 6.07 Å². The lowest BCUT2D eigenvalue weighted by Crippen LogP contribution is -2.15. The second-order valence-electron chi connectivity index (χ2n) is 2.96. The minimum Gasteiger partial charge on any atom is -0.508 e. The highest BCUT2D eigenvalue weighted by molar-refractivity contribution is 6.06.